The second kappa shape index (κ2) is 3.81. The first-order valence-corrected chi connectivity index (χ1v) is 5.51. The Kier molecular flexibility index (Phi) is 2.29. The third-order valence-corrected chi connectivity index (χ3v) is 3.09. The maximum absolute atomic E-state index is 10.8. The fourth-order valence-corrected chi connectivity index (χ4v) is 2.38. The first-order chi connectivity index (χ1) is 8.25. The van der Waals surface area contributed by atoms with Crippen molar-refractivity contribution in [2.45, 2.75) is 18.9 Å². The maximum atomic E-state index is 10.8. The largest absolute Gasteiger partial charge is 0.481 e. The normalized spacial score (nSPS) is 19.2. The molecule has 0 fully saturated rings. The number of aromatic amines is 1. The van der Waals surface area contributed by atoms with Crippen LogP contribution in [0.25, 0.3) is 11.0 Å². The molecule has 0 radical (unpaired) electrons. The van der Waals surface area contributed by atoms with Gasteiger partial charge in [-0.1, -0.05) is 0 Å². The predicted molar refractivity (Wildman–Crippen MR) is 60.6 cm³/mol. The van der Waals surface area contributed by atoms with Gasteiger partial charge in [0.1, 0.15) is 6.33 Å². The van der Waals surface area contributed by atoms with Crippen molar-refractivity contribution in [1.82, 2.24) is 20.3 Å². The molecule has 17 heavy (non-hydrogen) atoms. The van der Waals surface area contributed by atoms with Gasteiger partial charge in [-0.2, -0.15) is 0 Å². The van der Waals surface area contributed by atoms with E-state index in [4.69, 9.17) is 5.11 Å². The lowest BCUT2D eigenvalue weighted by Crippen LogP contribution is -2.31. The van der Waals surface area contributed by atoms with Crippen LogP contribution in [0.5, 0.6) is 0 Å². The molecule has 0 amide bonds. The van der Waals surface area contributed by atoms with Crippen molar-refractivity contribution in [2.24, 2.45) is 0 Å². The van der Waals surface area contributed by atoms with Gasteiger partial charge in [0.2, 0.25) is 0 Å². The van der Waals surface area contributed by atoms with Gasteiger partial charge < -0.3 is 15.4 Å². The molecule has 0 saturated carbocycles. The van der Waals surface area contributed by atoms with E-state index in [0.29, 0.717) is 0 Å². The number of carbonyl (C=O) groups is 1. The van der Waals surface area contributed by atoms with Gasteiger partial charge in [0, 0.05) is 11.3 Å². The summed E-state index contributed by atoms with van der Waals surface area (Å²) in [5.41, 5.74) is 3.84. The molecule has 0 aromatic carbocycles. The van der Waals surface area contributed by atoms with Crippen LogP contribution < -0.4 is 5.32 Å². The van der Waals surface area contributed by atoms with Gasteiger partial charge in [-0.25, -0.2) is 9.97 Å². The molecule has 1 unspecified atom stereocenters. The summed E-state index contributed by atoms with van der Waals surface area (Å²) in [6, 6.07) is -0.162. The zero-order chi connectivity index (χ0) is 11.8. The Labute approximate surface area is 97.1 Å². The van der Waals surface area contributed by atoms with E-state index >= 15 is 0 Å². The highest BCUT2D eigenvalue weighted by atomic mass is 16.4. The number of hydrogen-bond acceptors (Lipinski definition) is 4. The summed E-state index contributed by atoms with van der Waals surface area (Å²) in [4.78, 5) is 22.2. The Morgan fingerprint density at radius 1 is 1.59 bits per heavy atom. The van der Waals surface area contributed by atoms with E-state index in [9.17, 15) is 4.79 Å². The molecule has 0 bridgehead atoms. The van der Waals surface area contributed by atoms with E-state index in [1.807, 2.05) is 0 Å². The minimum atomic E-state index is -0.805. The quantitative estimate of drug-likeness (QED) is 0.706. The van der Waals surface area contributed by atoms with Crippen LogP contribution in [0.4, 0.5) is 0 Å². The molecule has 2 aromatic rings. The molecule has 0 saturated heterocycles. The lowest BCUT2D eigenvalue weighted by Gasteiger charge is -2.22. The average molecular weight is 232 g/mol. The van der Waals surface area contributed by atoms with Crippen molar-refractivity contribution in [2.75, 3.05) is 6.54 Å². The zero-order valence-corrected chi connectivity index (χ0v) is 9.10. The highest BCUT2D eigenvalue weighted by Crippen LogP contribution is 2.29. The van der Waals surface area contributed by atoms with Crippen LogP contribution in [0.2, 0.25) is 0 Å². The highest BCUT2D eigenvalue weighted by molar-refractivity contribution is 5.80. The second-order valence-electron chi connectivity index (χ2n) is 4.16. The molecular weight excluding hydrogens is 220 g/mol. The van der Waals surface area contributed by atoms with Gasteiger partial charge in [-0.3, -0.25) is 4.79 Å². The summed E-state index contributed by atoms with van der Waals surface area (Å²) in [7, 11) is 0. The lowest BCUT2D eigenvalue weighted by molar-refractivity contribution is -0.137. The van der Waals surface area contributed by atoms with Crippen LogP contribution >= 0.6 is 0 Å². The summed E-state index contributed by atoms with van der Waals surface area (Å²) < 4.78 is 0. The third kappa shape index (κ3) is 1.66. The molecular formula is C11H12N4O2. The summed E-state index contributed by atoms with van der Waals surface area (Å²) in [6.07, 6.45) is 4.18. The average Bonchev–Trinajstić information content (AvgIpc) is 2.68. The predicted octanol–water partition coefficient (Wildman–Crippen LogP) is 0.619. The zero-order valence-electron chi connectivity index (χ0n) is 9.10. The molecule has 1 aliphatic rings. The molecule has 3 N–H and O–H groups in total. The minimum absolute atomic E-state index is 0.0766. The van der Waals surface area contributed by atoms with Crippen LogP contribution in [-0.4, -0.2) is 32.6 Å². The van der Waals surface area contributed by atoms with E-state index in [2.05, 4.69) is 20.3 Å². The van der Waals surface area contributed by atoms with E-state index < -0.39 is 5.97 Å². The van der Waals surface area contributed by atoms with Gasteiger partial charge in [-0.15, -0.1) is 0 Å². The second-order valence-corrected chi connectivity index (χ2v) is 4.16. The Hall–Kier alpha value is -1.95. The van der Waals surface area contributed by atoms with E-state index in [1.54, 1.807) is 6.20 Å². The Morgan fingerprint density at radius 3 is 3.29 bits per heavy atom. The molecule has 6 nitrogen and oxygen atoms in total. The number of nitrogens with zero attached hydrogens (tertiary/aromatic N) is 2. The number of fused-ring (bicyclic) bond motifs is 3. The van der Waals surface area contributed by atoms with Crippen LogP contribution in [-0.2, 0) is 11.2 Å². The third-order valence-electron chi connectivity index (χ3n) is 3.09. The monoisotopic (exact) mass is 232 g/mol. The van der Waals surface area contributed by atoms with Gasteiger partial charge in [-0.05, 0) is 13.0 Å². The van der Waals surface area contributed by atoms with Crippen LogP contribution in [0.3, 0.4) is 0 Å². The smallest absolute Gasteiger partial charge is 0.305 e. The molecule has 2 aromatic heterocycles. The van der Waals surface area contributed by atoms with Gasteiger partial charge in [0.05, 0.1) is 29.7 Å². The van der Waals surface area contributed by atoms with Crippen molar-refractivity contribution >= 4 is 17.0 Å². The Balaban J connectivity index is 2.10. The summed E-state index contributed by atoms with van der Waals surface area (Å²) in [5, 5.41) is 12.1. The Bertz CT molecular complexity index is 578. The first-order valence-electron chi connectivity index (χ1n) is 5.51. The van der Waals surface area contributed by atoms with Crippen LogP contribution in [0, 0.1) is 0 Å². The molecule has 6 heteroatoms. The van der Waals surface area contributed by atoms with Crippen molar-refractivity contribution in [3.05, 3.63) is 23.8 Å². The Morgan fingerprint density at radius 2 is 2.47 bits per heavy atom. The molecule has 3 heterocycles. The SMILES string of the molecule is O=C(O)CC1NCCc2c1[nH]c1cncnc21. The van der Waals surface area contributed by atoms with Crippen molar-refractivity contribution < 1.29 is 9.90 Å². The van der Waals surface area contributed by atoms with E-state index in [0.717, 1.165) is 35.3 Å². The number of nitrogens with one attached hydrogen (secondary N) is 2. The molecule has 88 valence electrons. The number of carboxylic acids is 1. The standard InChI is InChI=1S/C11H12N4O2/c16-9(17)3-7-11-6(1-2-13-7)10-8(15-11)4-12-5-14-10/h4-5,7,13,15H,1-3H2,(H,16,17). The molecule has 3 rings (SSSR count). The van der Waals surface area contributed by atoms with Gasteiger partial charge in [0.15, 0.2) is 0 Å². The summed E-state index contributed by atoms with van der Waals surface area (Å²) in [6.45, 7) is 0.780. The lowest BCUT2D eigenvalue weighted by atomic mass is 9.99. The molecule has 1 atom stereocenters. The number of rotatable bonds is 2. The van der Waals surface area contributed by atoms with Crippen molar-refractivity contribution in [3.63, 3.8) is 0 Å². The van der Waals surface area contributed by atoms with Gasteiger partial charge >= 0.3 is 5.97 Å². The topological polar surface area (TPSA) is 90.9 Å². The fourth-order valence-electron chi connectivity index (χ4n) is 2.38. The minimum Gasteiger partial charge on any atom is -0.481 e. The number of H-pyrrole nitrogens is 1. The van der Waals surface area contributed by atoms with Crippen LogP contribution in [0.15, 0.2) is 12.5 Å². The van der Waals surface area contributed by atoms with Crippen LogP contribution in [0.1, 0.15) is 23.7 Å². The van der Waals surface area contributed by atoms with E-state index in [1.165, 1.54) is 6.33 Å². The first kappa shape index (κ1) is 10.2. The summed E-state index contributed by atoms with van der Waals surface area (Å²) >= 11 is 0. The van der Waals surface area contributed by atoms with Crippen molar-refractivity contribution in [1.29, 1.82) is 0 Å². The number of aliphatic carboxylic acids is 1. The number of aromatic nitrogens is 3. The van der Waals surface area contributed by atoms with Crippen molar-refractivity contribution in [3.8, 4) is 0 Å². The highest BCUT2D eigenvalue weighted by Gasteiger charge is 2.26. The molecule has 0 aliphatic carbocycles. The summed E-state index contributed by atoms with van der Waals surface area (Å²) in [5.74, 6) is -0.805. The van der Waals surface area contributed by atoms with E-state index in [-0.39, 0.29) is 12.5 Å². The molecule has 1 aliphatic heterocycles. The van der Waals surface area contributed by atoms with Gasteiger partial charge in [0.25, 0.3) is 0 Å². The fraction of sp³-hybridized carbons (Fsp3) is 0.364. The molecule has 0 spiro atoms. The maximum Gasteiger partial charge on any atom is 0.305 e. The number of hydrogen-bond donors (Lipinski definition) is 3. The number of carboxylic acid groups (broad SMARTS) is 1.